The van der Waals surface area contributed by atoms with E-state index in [1.54, 1.807) is 67.6 Å². The van der Waals surface area contributed by atoms with Crippen LogP contribution in [0.4, 0.5) is 11.4 Å². The minimum absolute atomic E-state index is 0.0525. The van der Waals surface area contributed by atoms with Gasteiger partial charge in [-0.3, -0.25) is 14.4 Å². The van der Waals surface area contributed by atoms with Crippen molar-refractivity contribution in [1.82, 2.24) is 0 Å². The smallest absolute Gasteiger partial charge is 0.336 e. The summed E-state index contributed by atoms with van der Waals surface area (Å²) in [6, 6.07) is 23.3. The Balaban J connectivity index is 1.46. The number of nitrogens with one attached hydrogen (secondary N) is 2. The highest BCUT2D eigenvalue weighted by atomic mass is 32.2. The van der Waals surface area contributed by atoms with Crippen LogP contribution in [0.2, 0.25) is 0 Å². The van der Waals surface area contributed by atoms with Gasteiger partial charge in [-0.25, -0.2) is 4.79 Å². The molecule has 0 aliphatic carbocycles. The number of fused-ring (bicyclic) bond motifs is 1. The van der Waals surface area contributed by atoms with Crippen LogP contribution in [-0.4, -0.2) is 34.0 Å². The van der Waals surface area contributed by atoms with Gasteiger partial charge in [-0.1, -0.05) is 30.3 Å². The molecule has 0 saturated carbocycles. The molecule has 1 atom stereocenters. The number of amides is 3. The third-order valence-electron chi connectivity index (χ3n) is 5.59. The number of nitrogens with two attached hydrogens (primary N) is 1. The number of hydrogen-bond donors (Lipinski definition) is 4. The molecule has 0 aliphatic rings. The fraction of sp³-hybridized carbons (Fsp3) is 0.0714. The molecule has 0 heterocycles. The summed E-state index contributed by atoms with van der Waals surface area (Å²) in [5.41, 5.74) is 6.94. The van der Waals surface area contributed by atoms with Crippen LogP contribution in [0.15, 0.2) is 89.8 Å². The van der Waals surface area contributed by atoms with Crippen molar-refractivity contribution < 1.29 is 24.3 Å². The van der Waals surface area contributed by atoms with Gasteiger partial charge >= 0.3 is 5.97 Å². The summed E-state index contributed by atoms with van der Waals surface area (Å²) in [5.74, 6) is -2.33. The summed E-state index contributed by atoms with van der Waals surface area (Å²) in [7, 11) is 0. The predicted octanol–water partition coefficient (Wildman–Crippen LogP) is 5.01. The fourth-order valence-electron chi connectivity index (χ4n) is 3.77. The zero-order valence-corrected chi connectivity index (χ0v) is 20.5. The maximum atomic E-state index is 13.1. The van der Waals surface area contributed by atoms with Crippen LogP contribution in [-0.2, 0) is 4.79 Å². The van der Waals surface area contributed by atoms with E-state index in [1.807, 2.05) is 6.07 Å². The average Bonchev–Trinajstić information content (AvgIpc) is 2.88. The van der Waals surface area contributed by atoms with Gasteiger partial charge < -0.3 is 21.5 Å². The van der Waals surface area contributed by atoms with Crippen LogP contribution < -0.4 is 16.4 Å². The lowest BCUT2D eigenvalue weighted by Gasteiger charge is -2.14. The van der Waals surface area contributed by atoms with Crippen molar-refractivity contribution in [2.45, 2.75) is 17.1 Å². The highest BCUT2D eigenvalue weighted by Gasteiger charge is 2.18. The number of carbonyl (C=O) groups is 4. The van der Waals surface area contributed by atoms with E-state index in [1.165, 1.54) is 30.0 Å². The molecule has 4 aromatic carbocycles. The van der Waals surface area contributed by atoms with Gasteiger partial charge in [-0.2, -0.15) is 0 Å². The standard InChI is InChI=1S/C28H23N3O5S/c1-16(26(33)30-19-13-11-18(12-14-19)25(29)32)37-21-8-4-7-20(15-21)31-27(34)22-9-2-5-17-6-3-10-23(24(17)22)28(35)36/h2-16H,1H3,(H2,29,32)(H,30,33)(H,31,34)(H,35,36). The minimum Gasteiger partial charge on any atom is -0.478 e. The highest BCUT2D eigenvalue weighted by Crippen LogP contribution is 2.28. The lowest BCUT2D eigenvalue weighted by molar-refractivity contribution is -0.115. The van der Waals surface area contributed by atoms with Gasteiger partial charge in [-0.15, -0.1) is 11.8 Å². The van der Waals surface area contributed by atoms with Gasteiger partial charge in [0.1, 0.15) is 0 Å². The largest absolute Gasteiger partial charge is 0.478 e. The third-order valence-corrected chi connectivity index (χ3v) is 6.68. The molecule has 8 nitrogen and oxygen atoms in total. The lowest BCUT2D eigenvalue weighted by Crippen LogP contribution is -2.22. The molecule has 0 aliphatic heterocycles. The zero-order valence-electron chi connectivity index (χ0n) is 19.7. The third kappa shape index (κ3) is 5.96. The van der Waals surface area contributed by atoms with E-state index in [-0.39, 0.29) is 17.0 Å². The second kappa shape index (κ2) is 11.0. The number of carboxylic acid groups (broad SMARTS) is 1. The number of benzene rings is 4. The van der Waals surface area contributed by atoms with Gasteiger partial charge in [-0.05, 0) is 66.9 Å². The van der Waals surface area contributed by atoms with Crippen LogP contribution in [0.3, 0.4) is 0 Å². The van der Waals surface area contributed by atoms with Crippen molar-refractivity contribution in [3.63, 3.8) is 0 Å². The Morgan fingerprint density at radius 1 is 0.811 bits per heavy atom. The Kier molecular flexibility index (Phi) is 7.55. The van der Waals surface area contributed by atoms with E-state index in [2.05, 4.69) is 10.6 Å². The first-order valence-corrected chi connectivity index (χ1v) is 12.1. The van der Waals surface area contributed by atoms with E-state index < -0.39 is 23.0 Å². The molecular weight excluding hydrogens is 490 g/mol. The maximum absolute atomic E-state index is 13.1. The molecule has 0 saturated heterocycles. The second-order valence-electron chi connectivity index (χ2n) is 8.19. The van der Waals surface area contributed by atoms with E-state index in [9.17, 15) is 24.3 Å². The Labute approximate surface area is 216 Å². The number of rotatable bonds is 8. The summed E-state index contributed by atoms with van der Waals surface area (Å²) < 4.78 is 0. The van der Waals surface area contributed by atoms with E-state index in [0.29, 0.717) is 27.7 Å². The molecule has 37 heavy (non-hydrogen) atoms. The summed E-state index contributed by atoms with van der Waals surface area (Å²) in [4.78, 5) is 49.4. The monoisotopic (exact) mass is 513 g/mol. The van der Waals surface area contributed by atoms with Gasteiger partial charge in [0, 0.05) is 32.8 Å². The number of primary amides is 1. The number of aromatic carboxylic acids is 1. The molecule has 0 fully saturated rings. The molecule has 0 spiro atoms. The van der Waals surface area contributed by atoms with Gasteiger partial charge in [0.05, 0.1) is 10.8 Å². The number of hydrogen-bond acceptors (Lipinski definition) is 5. The van der Waals surface area contributed by atoms with Crippen LogP contribution in [0.5, 0.6) is 0 Å². The maximum Gasteiger partial charge on any atom is 0.336 e. The lowest BCUT2D eigenvalue weighted by atomic mass is 9.98. The molecular formula is C28H23N3O5S. The van der Waals surface area contributed by atoms with Crippen molar-refractivity contribution in [2.24, 2.45) is 5.73 Å². The molecule has 9 heteroatoms. The molecule has 4 aromatic rings. The SMILES string of the molecule is CC(Sc1cccc(NC(=O)c2cccc3cccc(C(=O)O)c23)c1)C(=O)Nc1ccc(C(N)=O)cc1. The highest BCUT2D eigenvalue weighted by molar-refractivity contribution is 8.00. The first-order valence-electron chi connectivity index (χ1n) is 11.3. The second-order valence-corrected chi connectivity index (χ2v) is 9.60. The van der Waals surface area contributed by atoms with Crippen LogP contribution in [0.25, 0.3) is 10.8 Å². The first kappa shape index (κ1) is 25.5. The zero-order chi connectivity index (χ0) is 26.5. The van der Waals surface area contributed by atoms with Crippen LogP contribution in [0, 0.1) is 0 Å². The Morgan fingerprint density at radius 3 is 2.11 bits per heavy atom. The Bertz CT molecular complexity index is 1510. The molecule has 0 bridgehead atoms. The van der Waals surface area contributed by atoms with E-state index in [4.69, 9.17) is 5.73 Å². The van der Waals surface area contributed by atoms with Gasteiger partial charge in [0.15, 0.2) is 0 Å². The van der Waals surface area contributed by atoms with E-state index >= 15 is 0 Å². The minimum atomic E-state index is -1.11. The average molecular weight is 514 g/mol. The van der Waals surface area contributed by atoms with Crippen molar-refractivity contribution in [3.8, 4) is 0 Å². The van der Waals surface area contributed by atoms with Crippen LogP contribution >= 0.6 is 11.8 Å². The molecule has 186 valence electrons. The number of carboxylic acids is 1. The molecule has 0 aromatic heterocycles. The molecule has 1 unspecified atom stereocenters. The van der Waals surface area contributed by atoms with Gasteiger partial charge in [0.2, 0.25) is 11.8 Å². The Hall–Kier alpha value is -4.63. The van der Waals surface area contributed by atoms with Crippen molar-refractivity contribution in [2.75, 3.05) is 10.6 Å². The molecule has 0 radical (unpaired) electrons. The first-order chi connectivity index (χ1) is 17.7. The molecule has 3 amide bonds. The quantitative estimate of drug-likeness (QED) is 0.244. The summed E-state index contributed by atoms with van der Waals surface area (Å²) in [6.07, 6.45) is 0. The van der Waals surface area contributed by atoms with Crippen LogP contribution in [0.1, 0.15) is 38.0 Å². The summed E-state index contributed by atoms with van der Waals surface area (Å²) in [5, 5.41) is 15.8. The summed E-state index contributed by atoms with van der Waals surface area (Å²) >= 11 is 1.31. The molecule has 4 rings (SSSR count). The topological polar surface area (TPSA) is 139 Å². The number of carbonyl (C=O) groups excluding carboxylic acids is 3. The summed E-state index contributed by atoms with van der Waals surface area (Å²) in [6.45, 7) is 1.76. The predicted molar refractivity (Wildman–Crippen MR) is 144 cm³/mol. The van der Waals surface area contributed by atoms with E-state index in [0.717, 1.165) is 4.90 Å². The number of anilines is 2. The number of thioether (sulfide) groups is 1. The van der Waals surface area contributed by atoms with Gasteiger partial charge in [0.25, 0.3) is 5.91 Å². The Morgan fingerprint density at radius 2 is 1.46 bits per heavy atom. The van der Waals surface area contributed by atoms with Crippen molar-refractivity contribution >= 4 is 57.6 Å². The normalized spacial score (nSPS) is 11.5. The molecule has 5 N–H and O–H groups in total. The van der Waals surface area contributed by atoms with Crippen molar-refractivity contribution in [3.05, 3.63) is 102 Å². The fourth-order valence-corrected chi connectivity index (χ4v) is 4.70. The van der Waals surface area contributed by atoms with Crippen molar-refractivity contribution in [1.29, 1.82) is 0 Å².